The fourth-order valence-corrected chi connectivity index (χ4v) is 4.43. The summed E-state index contributed by atoms with van der Waals surface area (Å²) in [6.07, 6.45) is 4.13. The Morgan fingerprint density at radius 1 is 0.920 bits per heavy atom. The largest absolute Gasteiger partial charge is 0.341 e. The van der Waals surface area contributed by atoms with E-state index in [-0.39, 0.29) is 18.4 Å². The summed E-state index contributed by atoms with van der Waals surface area (Å²) in [7, 11) is 2.12. The van der Waals surface area contributed by atoms with Gasteiger partial charge in [-0.05, 0) is 39.3 Å². The van der Waals surface area contributed by atoms with Gasteiger partial charge in [0, 0.05) is 51.9 Å². The van der Waals surface area contributed by atoms with Gasteiger partial charge in [0.15, 0.2) is 0 Å². The fraction of sp³-hybridized carbons (Fsp3) is 0.889. The van der Waals surface area contributed by atoms with Crippen molar-refractivity contribution < 1.29 is 9.59 Å². The number of nitrogens with zero attached hydrogens (tertiary/aromatic N) is 4. The molecule has 0 spiro atoms. The monoisotopic (exact) mass is 351 g/mol. The summed E-state index contributed by atoms with van der Waals surface area (Å²) in [4.78, 5) is 33.3. The van der Waals surface area contributed by atoms with Crippen LogP contribution in [0.2, 0.25) is 0 Å². The first-order chi connectivity index (χ1) is 12.1. The van der Waals surface area contributed by atoms with E-state index in [2.05, 4.69) is 21.7 Å². The number of hydrogen-bond acceptors (Lipinski definition) is 5. The summed E-state index contributed by atoms with van der Waals surface area (Å²) >= 11 is 0. The highest BCUT2D eigenvalue weighted by molar-refractivity contribution is 5.79. The lowest BCUT2D eigenvalue weighted by Crippen LogP contribution is -2.54. The van der Waals surface area contributed by atoms with Gasteiger partial charge >= 0.3 is 0 Å². The van der Waals surface area contributed by atoms with Crippen LogP contribution in [-0.2, 0) is 9.59 Å². The van der Waals surface area contributed by atoms with Gasteiger partial charge in [-0.25, -0.2) is 0 Å². The van der Waals surface area contributed by atoms with Crippen LogP contribution in [0.3, 0.4) is 0 Å². The van der Waals surface area contributed by atoms with Crippen molar-refractivity contribution >= 4 is 11.8 Å². The van der Waals surface area contributed by atoms with E-state index in [1.165, 1.54) is 0 Å². The molecule has 0 aromatic heterocycles. The van der Waals surface area contributed by atoms with Crippen LogP contribution in [0, 0.1) is 5.92 Å². The lowest BCUT2D eigenvalue weighted by Gasteiger charge is -2.43. The Hall–Kier alpha value is -1.18. The molecule has 1 atom stereocenters. The first-order valence-electron chi connectivity index (χ1n) is 9.77. The van der Waals surface area contributed by atoms with E-state index in [1.54, 1.807) is 0 Å². The first-order valence-corrected chi connectivity index (χ1v) is 9.77. The van der Waals surface area contributed by atoms with Crippen LogP contribution >= 0.6 is 0 Å². The molecule has 3 fully saturated rings. The molecular formula is C18H33N5O2. The molecule has 3 rings (SSSR count). The first kappa shape index (κ1) is 18.6. The van der Waals surface area contributed by atoms with Gasteiger partial charge in [0.05, 0.1) is 12.5 Å². The van der Waals surface area contributed by atoms with Crippen LogP contribution in [0.15, 0.2) is 0 Å². The lowest BCUT2D eigenvalue weighted by molar-refractivity contribution is -0.139. The SMILES string of the molecule is CN1CCN(C(=O)C2CCCN(C3CCN(C(=O)CN)CC3)C2)CC1. The molecule has 7 heteroatoms. The smallest absolute Gasteiger partial charge is 0.236 e. The molecule has 0 saturated carbocycles. The van der Waals surface area contributed by atoms with E-state index in [0.717, 1.165) is 78.0 Å². The van der Waals surface area contributed by atoms with E-state index in [4.69, 9.17) is 5.73 Å². The van der Waals surface area contributed by atoms with Gasteiger partial charge in [-0.3, -0.25) is 14.5 Å². The van der Waals surface area contributed by atoms with Crippen LogP contribution in [0.4, 0.5) is 0 Å². The van der Waals surface area contributed by atoms with Crippen molar-refractivity contribution in [2.75, 3.05) is 66.0 Å². The van der Waals surface area contributed by atoms with Crippen molar-refractivity contribution in [1.29, 1.82) is 0 Å². The van der Waals surface area contributed by atoms with E-state index >= 15 is 0 Å². The molecule has 2 amide bonds. The number of carbonyl (C=O) groups is 2. The number of carbonyl (C=O) groups excluding carboxylic acids is 2. The zero-order valence-electron chi connectivity index (χ0n) is 15.5. The molecule has 25 heavy (non-hydrogen) atoms. The number of amides is 2. The minimum atomic E-state index is 0.0558. The second-order valence-corrected chi connectivity index (χ2v) is 7.78. The number of rotatable bonds is 3. The van der Waals surface area contributed by atoms with Crippen LogP contribution < -0.4 is 5.73 Å². The summed E-state index contributed by atoms with van der Waals surface area (Å²) < 4.78 is 0. The maximum atomic E-state index is 12.9. The predicted octanol–water partition coefficient (Wildman–Crippen LogP) is -0.578. The summed E-state index contributed by atoms with van der Waals surface area (Å²) in [5.41, 5.74) is 5.46. The quantitative estimate of drug-likeness (QED) is 0.737. The summed E-state index contributed by atoms with van der Waals surface area (Å²) in [6.45, 7) is 7.38. The molecule has 3 aliphatic rings. The molecule has 0 aliphatic carbocycles. The molecule has 0 aromatic rings. The lowest BCUT2D eigenvalue weighted by atomic mass is 9.92. The Bertz CT molecular complexity index is 470. The van der Waals surface area contributed by atoms with Crippen LogP contribution in [0.1, 0.15) is 25.7 Å². The highest BCUT2D eigenvalue weighted by Gasteiger charge is 2.34. The van der Waals surface area contributed by atoms with Gasteiger partial charge in [-0.1, -0.05) is 0 Å². The molecule has 0 radical (unpaired) electrons. The number of hydrogen-bond donors (Lipinski definition) is 1. The Morgan fingerprint density at radius 2 is 1.60 bits per heavy atom. The van der Waals surface area contributed by atoms with Gasteiger partial charge < -0.3 is 20.4 Å². The molecule has 0 bridgehead atoms. The van der Waals surface area contributed by atoms with E-state index < -0.39 is 0 Å². The fourth-order valence-electron chi connectivity index (χ4n) is 4.43. The molecule has 3 heterocycles. The summed E-state index contributed by atoms with van der Waals surface area (Å²) in [5, 5.41) is 0. The Balaban J connectivity index is 1.50. The number of likely N-dealkylation sites (tertiary alicyclic amines) is 2. The van der Waals surface area contributed by atoms with Gasteiger partial charge in [0.1, 0.15) is 0 Å². The predicted molar refractivity (Wildman–Crippen MR) is 97.0 cm³/mol. The number of piperidine rings is 2. The zero-order chi connectivity index (χ0) is 17.8. The normalized spacial score (nSPS) is 27.5. The van der Waals surface area contributed by atoms with Gasteiger partial charge in [-0.15, -0.1) is 0 Å². The zero-order valence-corrected chi connectivity index (χ0v) is 15.5. The van der Waals surface area contributed by atoms with Crippen LogP contribution in [-0.4, -0.2) is 103 Å². The van der Waals surface area contributed by atoms with Gasteiger partial charge in [0.25, 0.3) is 0 Å². The number of likely N-dealkylation sites (N-methyl/N-ethyl adjacent to an activating group) is 1. The molecule has 3 saturated heterocycles. The third-order valence-electron chi connectivity index (χ3n) is 6.13. The third kappa shape index (κ3) is 4.51. The molecule has 0 aromatic carbocycles. The van der Waals surface area contributed by atoms with Gasteiger partial charge in [0.2, 0.25) is 11.8 Å². The molecule has 7 nitrogen and oxygen atoms in total. The number of piperazine rings is 1. The van der Waals surface area contributed by atoms with E-state index in [0.29, 0.717) is 11.9 Å². The van der Waals surface area contributed by atoms with Crippen molar-refractivity contribution in [3.05, 3.63) is 0 Å². The standard InChI is InChI=1S/C18H33N5O2/c1-20-9-11-22(12-10-20)18(25)15-3-2-6-23(14-15)16-4-7-21(8-5-16)17(24)13-19/h15-16H,2-14,19H2,1H3. The molecule has 3 aliphatic heterocycles. The van der Waals surface area contributed by atoms with Crippen LogP contribution in [0.5, 0.6) is 0 Å². The average Bonchev–Trinajstić information content (AvgIpc) is 2.67. The molecular weight excluding hydrogens is 318 g/mol. The van der Waals surface area contributed by atoms with E-state index in [9.17, 15) is 9.59 Å². The average molecular weight is 351 g/mol. The van der Waals surface area contributed by atoms with E-state index in [1.807, 2.05) is 4.90 Å². The summed E-state index contributed by atoms with van der Waals surface area (Å²) in [5.74, 6) is 0.564. The second-order valence-electron chi connectivity index (χ2n) is 7.78. The third-order valence-corrected chi connectivity index (χ3v) is 6.13. The minimum Gasteiger partial charge on any atom is -0.341 e. The topological polar surface area (TPSA) is 73.1 Å². The maximum Gasteiger partial charge on any atom is 0.236 e. The Morgan fingerprint density at radius 3 is 2.24 bits per heavy atom. The van der Waals surface area contributed by atoms with Crippen molar-refractivity contribution in [1.82, 2.24) is 19.6 Å². The molecule has 2 N–H and O–H groups in total. The minimum absolute atomic E-state index is 0.0558. The Kier molecular flexibility index (Phi) is 6.30. The highest BCUT2D eigenvalue weighted by atomic mass is 16.2. The molecule has 142 valence electrons. The summed E-state index contributed by atoms with van der Waals surface area (Å²) in [6, 6.07) is 0.505. The second kappa shape index (κ2) is 8.47. The molecule has 1 unspecified atom stereocenters. The van der Waals surface area contributed by atoms with Crippen molar-refractivity contribution in [2.45, 2.75) is 31.7 Å². The number of nitrogens with two attached hydrogens (primary N) is 1. The maximum absolute atomic E-state index is 12.9. The van der Waals surface area contributed by atoms with Gasteiger partial charge in [-0.2, -0.15) is 0 Å². The van der Waals surface area contributed by atoms with Crippen molar-refractivity contribution in [3.63, 3.8) is 0 Å². The van der Waals surface area contributed by atoms with Crippen molar-refractivity contribution in [3.8, 4) is 0 Å². The highest BCUT2D eigenvalue weighted by Crippen LogP contribution is 2.25. The Labute approximate surface area is 151 Å². The van der Waals surface area contributed by atoms with Crippen molar-refractivity contribution in [2.24, 2.45) is 11.7 Å². The van der Waals surface area contributed by atoms with Crippen LogP contribution in [0.25, 0.3) is 0 Å².